The molecule has 17 heavy (non-hydrogen) atoms. The predicted molar refractivity (Wildman–Crippen MR) is 63.7 cm³/mol. The molecule has 0 fully saturated rings. The van der Waals surface area contributed by atoms with E-state index in [4.69, 9.17) is 16.2 Å². The van der Waals surface area contributed by atoms with Crippen LogP contribution in [0.15, 0.2) is 42.7 Å². The monoisotopic (exact) mass is 229 g/mol. The lowest BCUT2D eigenvalue weighted by Gasteiger charge is -2.09. The zero-order valence-corrected chi connectivity index (χ0v) is 8.96. The first kappa shape index (κ1) is 10.9. The minimum Gasteiger partial charge on any atom is -0.454 e. The van der Waals surface area contributed by atoms with Gasteiger partial charge in [-0.15, -0.1) is 0 Å². The van der Waals surface area contributed by atoms with Crippen LogP contribution in [0.3, 0.4) is 0 Å². The second-order valence-electron chi connectivity index (χ2n) is 3.37. The second kappa shape index (κ2) is 4.52. The third-order valence-electron chi connectivity index (χ3n) is 2.19. The number of benzene rings is 1. The molecule has 0 unspecified atom stereocenters. The number of amides is 1. The first-order chi connectivity index (χ1) is 8.18. The molecule has 1 aromatic heterocycles. The van der Waals surface area contributed by atoms with Crippen molar-refractivity contribution >= 4 is 11.6 Å². The van der Waals surface area contributed by atoms with Gasteiger partial charge in [0, 0.05) is 6.20 Å². The Morgan fingerprint density at radius 1 is 1.24 bits per heavy atom. The van der Waals surface area contributed by atoms with E-state index in [2.05, 4.69) is 4.98 Å². The number of carbonyl (C=O) groups excluding carboxylic acids is 1. The Morgan fingerprint density at radius 3 is 2.71 bits per heavy atom. The van der Waals surface area contributed by atoms with Gasteiger partial charge < -0.3 is 16.2 Å². The lowest BCUT2D eigenvalue weighted by atomic mass is 10.1. The third-order valence-corrected chi connectivity index (χ3v) is 2.19. The summed E-state index contributed by atoms with van der Waals surface area (Å²) in [7, 11) is 0. The second-order valence-corrected chi connectivity index (χ2v) is 3.37. The van der Waals surface area contributed by atoms with Gasteiger partial charge in [-0.2, -0.15) is 0 Å². The Labute approximate surface area is 98.0 Å². The highest BCUT2D eigenvalue weighted by atomic mass is 16.5. The van der Waals surface area contributed by atoms with Crippen molar-refractivity contribution in [3.63, 3.8) is 0 Å². The summed E-state index contributed by atoms with van der Waals surface area (Å²) in [5.74, 6) is 0.342. The molecule has 0 radical (unpaired) electrons. The van der Waals surface area contributed by atoms with Crippen molar-refractivity contribution in [2.45, 2.75) is 0 Å². The van der Waals surface area contributed by atoms with Gasteiger partial charge in [0.1, 0.15) is 5.75 Å². The fourth-order valence-electron chi connectivity index (χ4n) is 1.38. The van der Waals surface area contributed by atoms with Crippen LogP contribution in [0.25, 0.3) is 0 Å². The highest BCUT2D eigenvalue weighted by Gasteiger charge is 2.10. The number of para-hydroxylation sites is 1. The van der Waals surface area contributed by atoms with E-state index in [0.717, 1.165) is 0 Å². The first-order valence-corrected chi connectivity index (χ1v) is 4.94. The van der Waals surface area contributed by atoms with Crippen molar-refractivity contribution in [1.82, 2.24) is 4.98 Å². The van der Waals surface area contributed by atoms with Crippen molar-refractivity contribution in [3.05, 3.63) is 48.3 Å². The number of aromatic nitrogens is 1. The lowest BCUT2D eigenvalue weighted by molar-refractivity contribution is 0.100. The van der Waals surface area contributed by atoms with E-state index in [0.29, 0.717) is 11.5 Å². The maximum atomic E-state index is 11.1. The van der Waals surface area contributed by atoms with Crippen LogP contribution in [0.5, 0.6) is 11.5 Å². The van der Waals surface area contributed by atoms with Gasteiger partial charge in [0.15, 0.2) is 5.75 Å². The standard InChI is InChI=1S/C12H11N3O2/c13-11-9(12(14)16)4-1-5-10(11)17-8-3-2-6-15-7-8/h1-7H,13H2,(H2,14,16). The molecule has 5 heteroatoms. The van der Waals surface area contributed by atoms with Crippen LogP contribution in [-0.2, 0) is 0 Å². The normalized spacial score (nSPS) is 9.88. The molecule has 0 aliphatic rings. The summed E-state index contributed by atoms with van der Waals surface area (Å²) in [4.78, 5) is 15.0. The molecule has 0 saturated carbocycles. The van der Waals surface area contributed by atoms with E-state index >= 15 is 0 Å². The highest BCUT2D eigenvalue weighted by Crippen LogP contribution is 2.29. The van der Waals surface area contributed by atoms with Gasteiger partial charge in [0.2, 0.25) is 0 Å². The minimum atomic E-state index is -0.584. The van der Waals surface area contributed by atoms with Gasteiger partial charge in [0.25, 0.3) is 5.91 Å². The number of rotatable bonds is 3. The predicted octanol–water partition coefficient (Wildman–Crippen LogP) is 1.55. The van der Waals surface area contributed by atoms with Gasteiger partial charge in [-0.05, 0) is 24.3 Å². The largest absolute Gasteiger partial charge is 0.454 e. The third kappa shape index (κ3) is 2.34. The molecule has 0 saturated heterocycles. The van der Waals surface area contributed by atoms with E-state index in [1.807, 2.05) is 0 Å². The number of carbonyl (C=O) groups is 1. The van der Waals surface area contributed by atoms with Crippen LogP contribution in [-0.4, -0.2) is 10.9 Å². The molecule has 86 valence electrons. The van der Waals surface area contributed by atoms with E-state index in [1.54, 1.807) is 42.7 Å². The van der Waals surface area contributed by atoms with Crippen LogP contribution in [0.4, 0.5) is 5.69 Å². The topological polar surface area (TPSA) is 91.2 Å². The van der Waals surface area contributed by atoms with Crippen LogP contribution in [0, 0.1) is 0 Å². The molecule has 1 amide bonds. The Kier molecular flexibility index (Phi) is 2.91. The molecule has 0 aliphatic carbocycles. The van der Waals surface area contributed by atoms with E-state index < -0.39 is 5.91 Å². The summed E-state index contributed by atoms with van der Waals surface area (Å²) in [6.07, 6.45) is 3.19. The number of nitrogens with two attached hydrogens (primary N) is 2. The zero-order valence-electron chi connectivity index (χ0n) is 8.96. The van der Waals surface area contributed by atoms with Crippen molar-refractivity contribution in [2.24, 2.45) is 5.73 Å². The number of anilines is 1. The van der Waals surface area contributed by atoms with Crippen molar-refractivity contribution < 1.29 is 9.53 Å². The number of pyridine rings is 1. The van der Waals surface area contributed by atoms with Gasteiger partial charge in [-0.3, -0.25) is 9.78 Å². The summed E-state index contributed by atoms with van der Waals surface area (Å²) in [6, 6.07) is 8.34. The number of hydrogen-bond donors (Lipinski definition) is 2. The minimum absolute atomic E-state index is 0.226. The fraction of sp³-hybridized carbons (Fsp3) is 0. The quantitative estimate of drug-likeness (QED) is 0.781. The van der Waals surface area contributed by atoms with Crippen LogP contribution >= 0.6 is 0 Å². The SMILES string of the molecule is NC(=O)c1cccc(Oc2cccnc2)c1N. The average Bonchev–Trinajstić information content (AvgIpc) is 2.33. The molecule has 2 aromatic rings. The Morgan fingerprint density at radius 2 is 2.06 bits per heavy atom. The molecule has 0 bridgehead atoms. The summed E-state index contributed by atoms with van der Waals surface area (Å²) in [5, 5.41) is 0. The van der Waals surface area contributed by atoms with Crippen molar-refractivity contribution in [1.29, 1.82) is 0 Å². The van der Waals surface area contributed by atoms with Crippen LogP contribution in [0.2, 0.25) is 0 Å². The number of nitrogens with zero attached hydrogens (tertiary/aromatic N) is 1. The summed E-state index contributed by atoms with van der Waals surface area (Å²) in [6.45, 7) is 0. The van der Waals surface area contributed by atoms with Crippen LogP contribution < -0.4 is 16.2 Å². The number of ether oxygens (including phenoxy) is 1. The molecule has 5 nitrogen and oxygen atoms in total. The van der Waals surface area contributed by atoms with Crippen LogP contribution in [0.1, 0.15) is 10.4 Å². The van der Waals surface area contributed by atoms with Gasteiger partial charge in [-0.25, -0.2) is 0 Å². The van der Waals surface area contributed by atoms with Gasteiger partial charge in [-0.1, -0.05) is 6.07 Å². The highest BCUT2D eigenvalue weighted by molar-refractivity contribution is 5.99. The lowest BCUT2D eigenvalue weighted by Crippen LogP contribution is -2.13. The summed E-state index contributed by atoms with van der Waals surface area (Å²) < 4.78 is 5.50. The Hall–Kier alpha value is -2.56. The Bertz CT molecular complexity index is 541. The zero-order chi connectivity index (χ0) is 12.3. The van der Waals surface area contributed by atoms with E-state index in [9.17, 15) is 4.79 Å². The molecule has 2 rings (SSSR count). The number of nitrogen functional groups attached to an aromatic ring is 1. The molecule has 0 aliphatic heterocycles. The molecule has 1 aromatic carbocycles. The van der Waals surface area contributed by atoms with Crippen molar-refractivity contribution in [3.8, 4) is 11.5 Å². The van der Waals surface area contributed by atoms with Crippen molar-refractivity contribution in [2.75, 3.05) is 5.73 Å². The van der Waals surface area contributed by atoms with E-state index in [-0.39, 0.29) is 11.3 Å². The fourth-order valence-corrected chi connectivity index (χ4v) is 1.38. The summed E-state index contributed by atoms with van der Waals surface area (Å²) >= 11 is 0. The molecule has 0 spiro atoms. The average molecular weight is 229 g/mol. The van der Waals surface area contributed by atoms with Gasteiger partial charge in [0.05, 0.1) is 17.4 Å². The number of hydrogen-bond acceptors (Lipinski definition) is 4. The van der Waals surface area contributed by atoms with Gasteiger partial charge >= 0.3 is 0 Å². The maximum Gasteiger partial charge on any atom is 0.250 e. The molecule has 0 atom stereocenters. The molecule has 4 N–H and O–H groups in total. The number of primary amides is 1. The maximum absolute atomic E-state index is 11.1. The Balaban J connectivity index is 2.34. The van der Waals surface area contributed by atoms with E-state index in [1.165, 1.54) is 0 Å². The summed E-state index contributed by atoms with van der Waals surface area (Å²) in [5.41, 5.74) is 11.4. The molecule has 1 heterocycles. The molecular weight excluding hydrogens is 218 g/mol. The molecular formula is C12H11N3O2. The first-order valence-electron chi connectivity index (χ1n) is 4.94. The smallest absolute Gasteiger partial charge is 0.250 e.